The summed E-state index contributed by atoms with van der Waals surface area (Å²) in [5.74, 6) is 0.0814. The van der Waals surface area contributed by atoms with E-state index in [2.05, 4.69) is 5.32 Å². The van der Waals surface area contributed by atoms with Crippen LogP contribution in [-0.2, 0) is 27.1 Å². The molecular weight excluding hydrogens is 414 g/mol. The fourth-order valence-electron chi connectivity index (χ4n) is 4.09. The van der Waals surface area contributed by atoms with Crippen molar-refractivity contribution in [3.05, 3.63) is 46.3 Å². The molecule has 1 aromatic carbocycles. The third kappa shape index (κ3) is 5.19. The Morgan fingerprint density at radius 2 is 2.03 bits per heavy atom. The number of anilines is 2. The van der Waals surface area contributed by atoms with E-state index in [0.717, 1.165) is 28.8 Å². The molecule has 2 aromatic rings. The highest BCUT2D eigenvalue weighted by Gasteiger charge is 2.29. The van der Waals surface area contributed by atoms with Crippen molar-refractivity contribution in [1.82, 2.24) is 4.90 Å². The molecule has 0 bridgehead atoms. The summed E-state index contributed by atoms with van der Waals surface area (Å²) >= 11 is 1.50. The molecule has 1 fully saturated rings. The van der Waals surface area contributed by atoms with Crippen molar-refractivity contribution in [3.63, 3.8) is 0 Å². The molecule has 2 unspecified atom stereocenters. The van der Waals surface area contributed by atoms with Crippen LogP contribution in [0.3, 0.4) is 0 Å². The number of ether oxygens (including phenoxy) is 2. The first-order valence-corrected chi connectivity index (χ1v) is 11.6. The lowest BCUT2D eigenvalue weighted by Crippen LogP contribution is -2.42. The van der Waals surface area contributed by atoms with E-state index in [-0.39, 0.29) is 24.0 Å². The lowest BCUT2D eigenvalue weighted by molar-refractivity contribution is -0.116. The third-order valence-corrected chi connectivity index (χ3v) is 7.10. The number of hydrogen-bond donors (Lipinski definition) is 2. The molecule has 2 atom stereocenters. The number of morpholine rings is 1. The Morgan fingerprint density at radius 3 is 2.77 bits per heavy atom. The fraction of sp³-hybridized carbons (Fsp3) is 0.478. The lowest BCUT2D eigenvalue weighted by Gasteiger charge is -2.29. The largest absolute Gasteiger partial charge is 0.446 e. The average molecular weight is 444 g/mol. The Hall–Kier alpha value is -2.58. The Balaban J connectivity index is 1.34. The third-order valence-electron chi connectivity index (χ3n) is 5.91. The molecule has 1 aromatic heterocycles. The van der Waals surface area contributed by atoms with E-state index in [1.165, 1.54) is 11.3 Å². The van der Waals surface area contributed by atoms with E-state index >= 15 is 0 Å². The molecule has 2 heterocycles. The van der Waals surface area contributed by atoms with Crippen LogP contribution in [0.5, 0.6) is 0 Å². The maximum Gasteiger partial charge on any atom is 0.410 e. The van der Waals surface area contributed by atoms with Gasteiger partial charge in [-0.1, -0.05) is 37.3 Å². The second-order valence-corrected chi connectivity index (χ2v) is 9.26. The molecule has 0 radical (unpaired) electrons. The number of carbonyl (C=O) groups is 2. The van der Waals surface area contributed by atoms with E-state index in [9.17, 15) is 9.59 Å². The monoisotopic (exact) mass is 443 g/mol. The molecular formula is C23H29N3O4S. The molecule has 0 saturated carbocycles. The van der Waals surface area contributed by atoms with Gasteiger partial charge in [-0.05, 0) is 29.9 Å². The van der Waals surface area contributed by atoms with Gasteiger partial charge >= 0.3 is 6.09 Å². The molecule has 4 rings (SSSR count). The summed E-state index contributed by atoms with van der Waals surface area (Å²) in [5, 5.41) is 3.70. The molecule has 1 saturated heterocycles. The maximum absolute atomic E-state index is 12.6. The molecule has 166 valence electrons. The summed E-state index contributed by atoms with van der Waals surface area (Å²) in [6, 6.07) is 10.0. The predicted octanol–water partition coefficient (Wildman–Crippen LogP) is 3.79. The molecule has 0 spiro atoms. The molecule has 1 aliphatic heterocycles. The highest BCUT2D eigenvalue weighted by atomic mass is 32.1. The molecule has 1 aliphatic carbocycles. The van der Waals surface area contributed by atoms with Crippen molar-refractivity contribution in [2.45, 2.75) is 44.6 Å². The van der Waals surface area contributed by atoms with Crippen molar-refractivity contribution >= 4 is 34.0 Å². The number of nitrogens with two attached hydrogens (primary N) is 1. The lowest BCUT2D eigenvalue weighted by atomic mass is 9.95. The number of hydrogen-bond acceptors (Lipinski definition) is 6. The van der Waals surface area contributed by atoms with Gasteiger partial charge < -0.3 is 25.4 Å². The molecule has 7 nitrogen and oxygen atoms in total. The number of nitrogens with zero attached hydrogens (tertiary/aromatic N) is 1. The fourth-order valence-corrected chi connectivity index (χ4v) is 5.34. The topological polar surface area (TPSA) is 93.9 Å². The second kappa shape index (κ2) is 9.70. The number of nitrogens with one attached hydrogen (secondary N) is 1. The van der Waals surface area contributed by atoms with Gasteiger partial charge in [0.25, 0.3) is 0 Å². The van der Waals surface area contributed by atoms with E-state index in [1.807, 2.05) is 37.3 Å². The van der Waals surface area contributed by atoms with E-state index in [4.69, 9.17) is 15.2 Å². The Kier molecular flexibility index (Phi) is 6.77. The van der Waals surface area contributed by atoms with Crippen LogP contribution >= 0.6 is 11.3 Å². The Morgan fingerprint density at radius 1 is 1.29 bits per heavy atom. The quantitative estimate of drug-likeness (QED) is 0.733. The van der Waals surface area contributed by atoms with Gasteiger partial charge in [-0.15, -0.1) is 11.3 Å². The van der Waals surface area contributed by atoms with Gasteiger partial charge in [-0.3, -0.25) is 4.79 Å². The molecule has 2 amide bonds. The first-order valence-electron chi connectivity index (χ1n) is 10.8. The van der Waals surface area contributed by atoms with Crippen LogP contribution < -0.4 is 11.1 Å². The van der Waals surface area contributed by atoms with Crippen LogP contribution in [0.1, 0.15) is 41.7 Å². The van der Waals surface area contributed by atoms with Crippen LogP contribution in [0.25, 0.3) is 0 Å². The van der Waals surface area contributed by atoms with Crippen LogP contribution in [0, 0.1) is 0 Å². The zero-order valence-corrected chi connectivity index (χ0v) is 18.6. The average Bonchev–Trinajstić information content (AvgIpc) is 3.09. The van der Waals surface area contributed by atoms with Crippen LogP contribution in [-0.4, -0.2) is 49.3 Å². The minimum absolute atomic E-state index is 0.0445. The van der Waals surface area contributed by atoms with Crippen LogP contribution in [0.2, 0.25) is 0 Å². The summed E-state index contributed by atoms with van der Waals surface area (Å²) in [5.41, 5.74) is 9.21. The van der Waals surface area contributed by atoms with Gasteiger partial charge in [-0.2, -0.15) is 0 Å². The van der Waals surface area contributed by atoms with Gasteiger partial charge in [0.1, 0.15) is 11.1 Å². The molecule has 2 aliphatic rings. The summed E-state index contributed by atoms with van der Waals surface area (Å²) in [6.07, 6.45) is 2.08. The standard InChI is InChI=1S/C23H29N3O4S/c1-15(16-5-3-2-4-6-16)13-20(27)25-22-21(24)18-8-7-17(14-19(18)31-22)30-23(28)26-9-11-29-12-10-26/h2-6,15,17H,7-14,24H2,1H3,(H,25,27). The highest BCUT2D eigenvalue weighted by molar-refractivity contribution is 7.17. The van der Waals surface area contributed by atoms with Gasteiger partial charge in [-0.25, -0.2) is 4.79 Å². The summed E-state index contributed by atoms with van der Waals surface area (Å²) in [4.78, 5) is 27.8. The second-order valence-electron chi connectivity index (χ2n) is 8.16. The smallest absolute Gasteiger partial charge is 0.410 e. The van der Waals surface area contributed by atoms with Crippen molar-refractivity contribution < 1.29 is 19.1 Å². The van der Waals surface area contributed by atoms with Crippen molar-refractivity contribution in [1.29, 1.82) is 0 Å². The number of rotatable bonds is 5. The predicted molar refractivity (Wildman–Crippen MR) is 122 cm³/mol. The number of fused-ring (bicyclic) bond motifs is 1. The Labute approximate surface area is 186 Å². The minimum Gasteiger partial charge on any atom is -0.446 e. The summed E-state index contributed by atoms with van der Waals surface area (Å²) in [7, 11) is 0. The van der Waals surface area contributed by atoms with Crippen molar-refractivity contribution in [2.24, 2.45) is 0 Å². The molecule has 31 heavy (non-hydrogen) atoms. The Bertz CT molecular complexity index is 924. The van der Waals surface area contributed by atoms with Crippen molar-refractivity contribution in [2.75, 3.05) is 37.4 Å². The SMILES string of the molecule is CC(CC(=O)Nc1sc2c(c1N)CCC(OC(=O)N1CCOCC1)C2)c1ccccc1. The number of benzene rings is 1. The van der Waals surface area contributed by atoms with E-state index in [1.54, 1.807) is 4.90 Å². The number of carbonyl (C=O) groups excluding carboxylic acids is 2. The van der Waals surface area contributed by atoms with Gasteiger partial charge in [0, 0.05) is 30.8 Å². The summed E-state index contributed by atoms with van der Waals surface area (Å²) < 4.78 is 11.0. The number of nitrogen functional groups attached to an aromatic ring is 1. The van der Waals surface area contributed by atoms with E-state index < -0.39 is 0 Å². The van der Waals surface area contributed by atoms with Gasteiger partial charge in [0.2, 0.25) is 5.91 Å². The first kappa shape index (κ1) is 21.6. The van der Waals surface area contributed by atoms with E-state index in [0.29, 0.717) is 49.8 Å². The zero-order valence-electron chi connectivity index (χ0n) is 17.8. The molecule has 3 N–H and O–H groups in total. The minimum atomic E-state index is -0.273. The van der Waals surface area contributed by atoms with Crippen LogP contribution in [0.15, 0.2) is 30.3 Å². The number of thiophene rings is 1. The normalized spacial score (nSPS) is 19.4. The first-order chi connectivity index (χ1) is 15.0. The van der Waals surface area contributed by atoms with Gasteiger partial charge in [0.05, 0.1) is 18.9 Å². The highest BCUT2D eigenvalue weighted by Crippen LogP contribution is 2.41. The van der Waals surface area contributed by atoms with Gasteiger partial charge in [0.15, 0.2) is 0 Å². The summed E-state index contributed by atoms with van der Waals surface area (Å²) in [6.45, 7) is 4.29. The number of amides is 2. The maximum atomic E-state index is 12.6. The van der Waals surface area contributed by atoms with Crippen LogP contribution in [0.4, 0.5) is 15.5 Å². The van der Waals surface area contributed by atoms with Crippen molar-refractivity contribution in [3.8, 4) is 0 Å². The molecule has 8 heteroatoms. The zero-order chi connectivity index (χ0) is 21.8.